The molecule has 0 saturated carbocycles. The van der Waals surface area contributed by atoms with Gasteiger partial charge in [-0.2, -0.15) is 0 Å². The summed E-state index contributed by atoms with van der Waals surface area (Å²) >= 11 is 0. The van der Waals surface area contributed by atoms with E-state index in [0.29, 0.717) is 35.7 Å². The van der Waals surface area contributed by atoms with Crippen LogP contribution >= 0.6 is 0 Å². The van der Waals surface area contributed by atoms with Gasteiger partial charge in [0.15, 0.2) is 5.78 Å². The summed E-state index contributed by atoms with van der Waals surface area (Å²) in [6.45, 7) is 0.459. The number of Topliss-reactive ketones (excluding diaryl/α,β-unsaturated/α-hetero) is 1. The summed E-state index contributed by atoms with van der Waals surface area (Å²) in [6, 6.07) is 5.18. The third-order valence-corrected chi connectivity index (χ3v) is 2.61. The fraction of sp³-hybridized carbons (Fsp3) is 0.308. The van der Waals surface area contributed by atoms with Gasteiger partial charge in [-0.1, -0.05) is 0 Å². The molecule has 17 heavy (non-hydrogen) atoms. The summed E-state index contributed by atoms with van der Waals surface area (Å²) in [7, 11) is 3.11. The lowest BCUT2D eigenvalue weighted by molar-refractivity contribution is 0.102. The van der Waals surface area contributed by atoms with Gasteiger partial charge in [0.1, 0.15) is 11.5 Å². The Morgan fingerprint density at radius 2 is 2.18 bits per heavy atom. The normalized spacial score (nSPS) is 17.1. The van der Waals surface area contributed by atoms with Crippen molar-refractivity contribution in [2.75, 3.05) is 20.8 Å². The zero-order chi connectivity index (χ0) is 12.3. The van der Waals surface area contributed by atoms with E-state index >= 15 is 0 Å². The van der Waals surface area contributed by atoms with Crippen LogP contribution in [0.25, 0.3) is 0 Å². The van der Waals surface area contributed by atoms with Crippen molar-refractivity contribution in [2.24, 2.45) is 0 Å². The summed E-state index contributed by atoms with van der Waals surface area (Å²) in [5, 5.41) is 0. The second-order valence-corrected chi connectivity index (χ2v) is 3.67. The van der Waals surface area contributed by atoms with Gasteiger partial charge in [0.05, 0.1) is 32.7 Å². The largest absolute Gasteiger partial charge is 0.504 e. The van der Waals surface area contributed by atoms with Crippen LogP contribution in [0.15, 0.2) is 30.0 Å². The molecule has 0 atom stereocenters. The lowest BCUT2D eigenvalue weighted by Gasteiger charge is -2.07. The Balaban J connectivity index is 2.42. The van der Waals surface area contributed by atoms with Crippen LogP contribution < -0.4 is 9.47 Å². The highest BCUT2D eigenvalue weighted by Gasteiger charge is 2.21. The molecule has 0 aliphatic carbocycles. The van der Waals surface area contributed by atoms with E-state index in [0.717, 1.165) is 0 Å². The molecule has 0 bridgehead atoms. The number of carbonyl (C=O) groups is 1. The summed E-state index contributed by atoms with van der Waals surface area (Å²) < 4.78 is 15.5. The van der Waals surface area contributed by atoms with Crippen molar-refractivity contribution in [1.82, 2.24) is 0 Å². The Bertz CT molecular complexity index is 462. The van der Waals surface area contributed by atoms with E-state index < -0.39 is 0 Å². The molecule has 1 aliphatic heterocycles. The third kappa shape index (κ3) is 2.25. The van der Waals surface area contributed by atoms with Crippen molar-refractivity contribution in [3.63, 3.8) is 0 Å². The minimum Gasteiger partial charge on any atom is -0.504 e. The molecule has 1 heterocycles. The molecule has 0 radical (unpaired) electrons. The van der Waals surface area contributed by atoms with E-state index in [-0.39, 0.29) is 5.78 Å². The van der Waals surface area contributed by atoms with Gasteiger partial charge in [0.25, 0.3) is 0 Å². The average Bonchev–Trinajstić information content (AvgIpc) is 2.50. The third-order valence-electron chi connectivity index (χ3n) is 2.61. The maximum atomic E-state index is 12.2. The molecule has 0 aromatic heterocycles. The van der Waals surface area contributed by atoms with Crippen LogP contribution in [-0.4, -0.2) is 26.6 Å². The van der Waals surface area contributed by atoms with Crippen molar-refractivity contribution in [2.45, 2.75) is 6.42 Å². The number of ether oxygens (including phenoxy) is 3. The molecule has 2 rings (SSSR count). The zero-order valence-electron chi connectivity index (χ0n) is 9.86. The maximum Gasteiger partial charge on any atom is 0.195 e. The first-order valence-corrected chi connectivity index (χ1v) is 5.33. The highest BCUT2D eigenvalue weighted by molar-refractivity contribution is 6.10. The molecule has 0 spiro atoms. The average molecular weight is 234 g/mol. The van der Waals surface area contributed by atoms with E-state index in [1.54, 1.807) is 25.3 Å². The fourth-order valence-corrected chi connectivity index (χ4v) is 1.75. The van der Waals surface area contributed by atoms with Crippen molar-refractivity contribution in [3.05, 3.63) is 35.6 Å². The molecule has 4 nitrogen and oxygen atoms in total. The minimum absolute atomic E-state index is 0.0537. The molecule has 1 aromatic rings. The quantitative estimate of drug-likeness (QED) is 0.581. The van der Waals surface area contributed by atoms with Crippen LogP contribution in [0.2, 0.25) is 0 Å². The number of benzene rings is 1. The highest BCUT2D eigenvalue weighted by Crippen LogP contribution is 2.30. The van der Waals surface area contributed by atoms with Gasteiger partial charge in [-0.25, -0.2) is 0 Å². The smallest absolute Gasteiger partial charge is 0.195 e. The number of ketones is 1. The topological polar surface area (TPSA) is 44.8 Å². The minimum atomic E-state index is -0.0537. The van der Waals surface area contributed by atoms with Gasteiger partial charge in [0.2, 0.25) is 0 Å². The Hall–Kier alpha value is -1.97. The molecule has 90 valence electrons. The molecule has 4 heteroatoms. The van der Waals surface area contributed by atoms with E-state index in [2.05, 4.69) is 0 Å². The summed E-state index contributed by atoms with van der Waals surface area (Å²) in [5.74, 6) is 1.19. The van der Waals surface area contributed by atoms with Gasteiger partial charge in [-0.15, -0.1) is 0 Å². The summed E-state index contributed by atoms with van der Waals surface area (Å²) in [5.41, 5.74) is 1.17. The number of hydrogen-bond acceptors (Lipinski definition) is 4. The Morgan fingerprint density at radius 3 is 2.88 bits per heavy atom. The molecule has 0 saturated heterocycles. The molecular formula is C13H14O4. The number of methoxy groups -OCH3 is 2. The van der Waals surface area contributed by atoms with E-state index in [1.807, 2.05) is 0 Å². The van der Waals surface area contributed by atoms with Gasteiger partial charge >= 0.3 is 0 Å². The lowest BCUT2D eigenvalue weighted by atomic mass is 10.0. The van der Waals surface area contributed by atoms with Gasteiger partial charge < -0.3 is 14.2 Å². The zero-order valence-corrected chi connectivity index (χ0v) is 9.86. The Kier molecular flexibility index (Phi) is 3.32. The fourth-order valence-electron chi connectivity index (χ4n) is 1.75. The monoisotopic (exact) mass is 234 g/mol. The highest BCUT2D eigenvalue weighted by atomic mass is 16.5. The van der Waals surface area contributed by atoms with Crippen LogP contribution in [0.4, 0.5) is 0 Å². The van der Waals surface area contributed by atoms with Crippen LogP contribution in [0.3, 0.4) is 0 Å². The van der Waals surface area contributed by atoms with E-state index in [4.69, 9.17) is 14.2 Å². The predicted molar refractivity (Wildman–Crippen MR) is 62.5 cm³/mol. The molecule has 1 aliphatic rings. The number of carbonyl (C=O) groups excluding carboxylic acids is 1. The molecule has 0 amide bonds. The molecule has 0 fully saturated rings. The molecule has 0 unspecified atom stereocenters. The number of fused-ring (bicyclic) bond motifs is 1. The number of rotatable bonds is 2. The summed E-state index contributed by atoms with van der Waals surface area (Å²) in [6.07, 6.45) is 2.02. The standard InChI is InChI=1S/C13H14O4/c1-15-8-9-5-6-17-12-7-10(16-2)3-4-11(12)13(9)14/h3-4,7-8H,5-6H2,1-2H3/b9-8-. The van der Waals surface area contributed by atoms with Crippen molar-refractivity contribution >= 4 is 5.78 Å². The Labute approximate surface area is 99.8 Å². The number of hydrogen-bond donors (Lipinski definition) is 0. The van der Waals surface area contributed by atoms with E-state index in [9.17, 15) is 4.79 Å². The van der Waals surface area contributed by atoms with Crippen LogP contribution in [0.1, 0.15) is 16.8 Å². The maximum absolute atomic E-state index is 12.2. The second kappa shape index (κ2) is 4.91. The summed E-state index contributed by atoms with van der Waals surface area (Å²) in [4.78, 5) is 12.2. The van der Waals surface area contributed by atoms with Crippen molar-refractivity contribution in [1.29, 1.82) is 0 Å². The van der Waals surface area contributed by atoms with Crippen molar-refractivity contribution in [3.8, 4) is 11.5 Å². The van der Waals surface area contributed by atoms with Gasteiger partial charge in [-0.05, 0) is 12.1 Å². The van der Waals surface area contributed by atoms with Crippen LogP contribution in [-0.2, 0) is 4.74 Å². The van der Waals surface area contributed by atoms with Gasteiger partial charge in [-0.3, -0.25) is 4.79 Å². The first-order chi connectivity index (χ1) is 8.26. The van der Waals surface area contributed by atoms with Crippen molar-refractivity contribution < 1.29 is 19.0 Å². The predicted octanol–water partition coefficient (Wildman–Crippen LogP) is 2.19. The first kappa shape index (κ1) is 11.5. The molecule has 1 aromatic carbocycles. The van der Waals surface area contributed by atoms with Gasteiger partial charge in [0, 0.05) is 18.1 Å². The van der Waals surface area contributed by atoms with E-state index in [1.165, 1.54) is 13.4 Å². The lowest BCUT2D eigenvalue weighted by Crippen LogP contribution is -2.02. The second-order valence-electron chi connectivity index (χ2n) is 3.67. The van der Waals surface area contributed by atoms with Crippen LogP contribution in [0.5, 0.6) is 11.5 Å². The SMILES string of the molecule is CO/C=C1/CCOc2cc(OC)ccc2C1=O. The first-order valence-electron chi connectivity index (χ1n) is 5.33. The Morgan fingerprint density at radius 1 is 1.35 bits per heavy atom. The van der Waals surface area contributed by atoms with Crippen LogP contribution in [0, 0.1) is 0 Å². The molecule has 0 N–H and O–H groups in total. The molecular weight excluding hydrogens is 220 g/mol.